The first-order chi connectivity index (χ1) is 13.9. The van der Waals surface area contributed by atoms with Gasteiger partial charge in [0.25, 0.3) is 5.91 Å². The van der Waals surface area contributed by atoms with E-state index in [1.165, 1.54) is 23.7 Å². The number of nitrogens with one attached hydrogen (secondary N) is 2. The Morgan fingerprint density at radius 2 is 2.07 bits per heavy atom. The van der Waals surface area contributed by atoms with E-state index >= 15 is 0 Å². The van der Waals surface area contributed by atoms with Crippen molar-refractivity contribution in [3.8, 4) is 0 Å². The summed E-state index contributed by atoms with van der Waals surface area (Å²) >= 11 is 1.43. The van der Waals surface area contributed by atoms with Crippen LogP contribution in [0.1, 0.15) is 45.8 Å². The fraction of sp³-hybridized carbons (Fsp3) is 0.400. The zero-order chi connectivity index (χ0) is 20.4. The predicted octanol–water partition coefficient (Wildman–Crippen LogP) is 2.79. The molecule has 0 spiro atoms. The average molecular weight is 435 g/mol. The zero-order valence-corrected chi connectivity index (χ0v) is 17.4. The maximum Gasteiger partial charge on any atom is 0.254 e. The molecule has 1 atom stereocenters. The minimum Gasteiger partial charge on any atom is -0.465 e. The van der Waals surface area contributed by atoms with Crippen molar-refractivity contribution in [2.75, 3.05) is 16.8 Å². The molecule has 2 amide bonds. The Morgan fingerprint density at radius 3 is 2.79 bits per heavy atom. The van der Waals surface area contributed by atoms with Crippen LogP contribution in [-0.2, 0) is 27.5 Å². The van der Waals surface area contributed by atoms with Crippen LogP contribution < -0.4 is 10.6 Å². The van der Waals surface area contributed by atoms with Gasteiger partial charge in [0.05, 0.1) is 23.3 Å². The van der Waals surface area contributed by atoms with Crippen molar-refractivity contribution >= 4 is 44.1 Å². The molecule has 9 heteroatoms. The molecule has 29 heavy (non-hydrogen) atoms. The van der Waals surface area contributed by atoms with Crippen LogP contribution in [0.25, 0.3) is 6.08 Å². The van der Waals surface area contributed by atoms with Gasteiger partial charge in [-0.1, -0.05) is 0 Å². The minimum absolute atomic E-state index is 0.0291. The first-order valence-electron chi connectivity index (χ1n) is 9.60. The van der Waals surface area contributed by atoms with Gasteiger partial charge in [0.15, 0.2) is 9.84 Å². The van der Waals surface area contributed by atoms with E-state index in [4.69, 9.17) is 4.42 Å². The molecule has 0 saturated carbocycles. The Labute approximate surface area is 173 Å². The van der Waals surface area contributed by atoms with Crippen LogP contribution in [0.5, 0.6) is 0 Å². The van der Waals surface area contributed by atoms with E-state index in [2.05, 4.69) is 10.6 Å². The molecule has 1 aliphatic heterocycles. The summed E-state index contributed by atoms with van der Waals surface area (Å²) in [6.45, 7) is 0. The molecule has 1 saturated heterocycles. The Morgan fingerprint density at radius 1 is 1.24 bits per heavy atom. The lowest BCUT2D eigenvalue weighted by molar-refractivity contribution is -0.111. The number of rotatable bonds is 5. The van der Waals surface area contributed by atoms with Crippen LogP contribution in [-0.4, -0.2) is 37.8 Å². The van der Waals surface area contributed by atoms with Gasteiger partial charge in [-0.3, -0.25) is 9.59 Å². The van der Waals surface area contributed by atoms with Gasteiger partial charge in [-0.2, -0.15) is 0 Å². The van der Waals surface area contributed by atoms with Crippen molar-refractivity contribution in [1.29, 1.82) is 0 Å². The van der Waals surface area contributed by atoms with Crippen molar-refractivity contribution < 1.29 is 22.4 Å². The number of amides is 2. The van der Waals surface area contributed by atoms with Gasteiger partial charge in [-0.15, -0.1) is 11.3 Å². The summed E-state index contributed by atoms with van der Waals surface area (Å²) < 4.78 is 28.6. The number of carbonyl (C=O) groups excluding carboxylic acids is 2. The van der Waals surface area contributed by atoms with Crippen molar-refractivity contribution in [3.05, 3.63) is 46.2 Å². The van der Waals surface area contributed by atoms with Crippen LogP contribution in [0.15, 0.2) is 28.9 Å². The maximum atomic E-state index is 13.0. The Kier molecular flexibility index (Phi) is 5.60. The number of anilines is 1. The summed E-state index contributed by atoms with van der Waals surface area (Å²) in [6.07, 6.45) is 8.60. The largest absolute Gasteiger partial charge is 0.465 e. The highest BCUT2D eigenvalue weighted by molar-refractivity contribution is 7.91. The van der Waals surface area contributed by atoms with Gasteiger partial charge < -0.3 is 15.1 Å². The molecule has 0 bridgehead atoms. The third kappa shape index (κ3) is 4.62. The molecule has 2 N–H and O–H groups in total. The standard InChI is InChI=1S/C20H22N2O5S2/c23-17(8-7-14-4-3-10-27-14)22-20-18(15-5-1-2-6-16(15)28-20)19(24)21-13-9-11-29(25,26)12-13/h3-4,7-8,10,13H,1-2,5-6,9,11-12H2,(H,21,24)(H,22,23)/b8-7+/t13-/m1/s1. The second kappa shape index (κ2) is 8.16. The fourth-order valence-corrected chi connectivity index (χ4v) is 6.72. The summed E-state index contributed by atoms with van der Waals surface area (Å²) in [7, 11) is -3.09. The highest BCUT2D eigenvalue weighted by atomic mass is 32.2. The van der Waals surface area contributed by atoms with E-state index < -0.39 is 9.84 Å². The Balaban J connectivity index is 1.54. The maximum absolute atomic E-state index is 13.0. The van der Waals surface area contributed by atoms with Crippen molar-refractivity contribution in [1.82, 2.24) is 5.32 Å². The number of aryl methyl sites for hydroxylation is 1. The SMILES string of the molecule is O=C(/C=C/c1ccco1)Nc1sc2c(c1C(=O)N[C@@H]1CCS(=O)(=O)C1)CCCC2. The third-order valence-electron chi connectivity index (χ3n) is 5.14. The molecule has 4 rings (SSSR count). The van der Waals surface area contributed by atoms with E-state index in [0.29, 0.717) is 22.7 Å². The van der Waals surface area contributed by atoms with Crippen LogP contribution in [0.2, 0.25) is 0 Å². The normalized spacial score (nSPS) is 20.5. The molecule has 2 aromatic heterocycles. The van der Waals surface area contributed by atoms with Gasteiger partial charge in [0, 0.05) is 17.0 Å². The van der Waals surface area contributed by atoms with Crippen LogP contribution in [0.4, 0.5) is 5.00 Å². The number of hydrogen-bond donors (Lipinski definition) is 2. The van der Waals surface area contributed by atoms with E-state index in [1.54, 1.807) is 18.2 Å². The number of sulfone groups is 1. The lowest BCUT2D eigenvalue weighted by atomic mass is 9.95. The number of fused-ring (bicyclic) bond motifs is 1. The van der Waals surface area contributed by atoms with Crippen molar-refractivity contribution in [2.45, 2.75) is 38.1 Å². The molecule has 1 fully saturated rings. The average Bonchev–Trinajstić information content (AvgIpc) is 3.38. The van der Waals surface area contributed by atoms with Gasteiger partial charge in [0.1, 0.15) is 10.8 Å². The smallest absolute Gasteiger partial charge is 0.254 e. The van der Waals surface area contributed by atoms with Gasteiger partial charge in [-0.25, -0.2) is 8.42 Å². The number of thiophene rings is 1. The molecular weight excluding hydrogens is 412 g/mol. The van der Waals surface area contributed by atoms with Gasteiger partial charge in [0.2, 0.25) is 5.91 Å². The second-order valence-electron chi connectivity index (χ2n) is 7.33. The first kappa shape index (κ1) is 19.9. The summed E-state index contributed by atoms with van der Waals surface area (Å²) in [5.41, 5.74) is 1.46. The minimum atomic E-state index is -3.09. The molecule has 7 nitrogen and oxygen atoms in total. The molecule has 2 aromatic rings. The molecule has 0 unspecified atom stereocenters. The van der Waals surface area contributed by atoms with E-state index in [9.17, 15) is 18.0 Å². The van der Waals surface area contributed by atoms with Crippen molar-refractivity contribution in [2.24, 2.45) is 0 Å². The lowest BCUT2D eigenvalue weighted by Gasteiger charge is -2.15. The number of hydrogen-bond acceptors (Lipinski definition) is 6. The molecule has 3 heterocycles. The Hall–Kier alpha value is -2.39. The van der Waals surface area contributed by atoms with E-state index in [1.807, 2.05) is 0 Å². The summed E-state index contributed by atoms with van der Waals surface area (Å²) in [5.74, 6) is -0.0280. The first-order valence-corrected chi connectivity index (χ1v) is 12.2. The number of carbonyl (C=O) groups is 2. The summed E-state index contributed by atoms with van der Waals surface area (Å²) in [6, 6.07) is 3.09. The van der Waals surface area contributed by atoms with Gasteiger partial charge in [-0.05, 0) is 55.9 Å². The third-order valence-corrected chi connectivity index (χ3v) is 8.12. The van der Waals surface area contributed by atoms with E-state index in [0.717, 1.165) is 36.1 Å². The summed E-state index contributed by atoms with van der Waals surface area (Å²) in [4.78, 5) is 26.5. The predicted molar refractivity (Wildman–Crippen MR) is 112 cm³/mol. The molecule has 0 aromatic carbocycles. The molecular formula is C20H22N2O5S2. The second-order valence-corrected chi connectivity index (χ2v) is 10.7. The molecule has 1 aliphatic carbocycles. The van der Waals surface area contributed by atoms with E-state index in [-0.39, 0.29) is 29.4 Å². The Bertz CT molecular complexity index is 1050. The topological polar surface area (TPSA) is 105 Å². The fourth-order valence-electron chi connectivity index (χ4n) is 3.76. The monoisotopic (exact) mass is 434 g/mol. The molecule has 0 radical (unpaired) electrons. The highest BCUT2D eigenvalue weighted by Crippen LogP contribution is 2.38. The quantitative estimate of drug-likeness (QED) is 0.704. The highest BCUT2D eigenvalue weighted by Gasteiger charge is 2.32. The van der Waals surface area contributed by atoms with Crippen molar-refractivity contribution in [3.63, 3.8) is 0 Å². The molecule has 2 aliphatic rings. The molecule has 154 valence electrons. The lowest BCUT2D eigenvalue weighted by Crippen LogP contribution is -2.36. The van der Waals surface area contributed by atoms with Crippen LogP contribution in [0, 0.1) is 0 Å². The summed E-state index contributed by atoms with van der Waals surface area (Å²) in [5, 5.41) is 6.20. The van der Waals surface area contributed by atoms with Crippen LogP contribution in [0.3, 0.4) is 0 Å². The number of furan rings is 1. The zero-order valence-electron chi connectivity index (χ0n) is 15.8. The van der Waals surface area contributed by atoms with Crippen LogP contribution >= 0.6 is 11.3 Å². The van der Waals surface area contributed by atoms with Gasteiger partial charge >= 0.3 is 0 Å².